The summed E-state index contributed by atoms with van der Waals surface area (Å²) in [5.41, 5.74) is 1.81. The highest BCUT2D eigenvalue weighted by atomic mass is 19.4. The van der Waals surface area contributed by atoms with Crippen molar-refractivity contribution in [3.05, 3.63) is 59.9 Å². The van der Waals surface area contributed by atoms with Crippen LogP contribution < -0.4 is 4.74 Å². The summed E-state index contributed by atoms with van der Waals surface area (Å²) in [5, 5.41) is 0. The lowest BCUT2D eigenvalue weighted by molar-refractivity contribution is -0.147. The van der Waals surface area contributed by atoms with Crippen LogP contribution in [0.2, 0.25) is 0 Å². The molecule has 0 N–H and O–H groups in total. The third kappa shape index (κ3) is 3.31. The van der Waals surface area contributed by atoms with E-state index < -0.39 is 12.0 Å². The van der Waals surface area contributed by atoms with Crippen molar-refractivity contribution >= 4 is 11.0 Å². The summed E-state index contributed by atoms with van der Waals surface area (Å²) < 4.78 is 46.2. The molecule has 3 aromatic rings. The molecule has 1 aromatic heterocycles. The Labute approximate surface area is 131 Å². The molecule has 0 bridgehead atoms. The van der Waals surface area contributed by atoms with Gasteiger partial charge in [0.05, 0.1) is 17.6 Å². The Morgan fingerprint density at radius 2 is 1.87 bits per heavy atom. The van der Waals surface area contributed by atoms with Crippen molar-refractivity contribution in [2.24, 2.45) is 0 Å². The number of halogens is 3. The summed E-state index contributed by atoms with van der Waals surface area (Å²) >= 11 is 0. The van der Waals surface area contributed by atoms with Crippen molar-refractivity contribution in [3.63, 3.8) is 0 Å². The second-order valence-electron chi connectivity index (χ2n) is 5.24. The molecule has 0 saturated heterocycles. The molecule has 0 atom stereocenters. The number of rotatable bonds is 4. The van der Waals surface area contributed by atoms with Crippen molar-refractivity contribution < 1.29 is 17.9 Å². The smallest absolute Gasteiger partial charge is 0.449 e. The Hall–Kier alpha value is -2.50. The summed E-state index contributed by atoms with van der Waals surface area (Å²) in [5.74, 6) is -0.255. The predicted molar refractivity (Wildman–Crippen MR) is 81.4 cm³/mol. The van der Waals surface area contributed by atoms with Gasteiger partial charge in [-0.2, -0.15) is 13.2 Å². The Morgan fingerprint density at radius 1 is 1.09 bits per heavy atom. The second kappa shape index (κ2) is 5.95. The van der Waals surface area contributed by atoms with Gasteiger partial charge in [-0.1, -0.05) is 24.3 Å². The SMILES string of the molecule is Cc1cccc(OCCn2c(C(F)(F)F)nc3ccccc32)c1. The van der Waals surface area contributed by atoms with Crippen molar-refractivity contribution in [1.82, 2.24) is 9.55 Å². The second-order valence-corrected chi connectivity index (χ2v) is 5.24. The van der Waals surface area contributed by atoms with Gasteiger partial charge in [0.25, 0.3) is 0 Å². The van der Waals surface area contributed by atoms with Gasteiger partial charge in [0.2, 0.25) is 5.82 Å². The largest absolute Gasteiger partial charge is 0.492 e. The number of para-hydroxylation sites is 2. The number of aryl methyl sites for hydroxylation is 1. The van der Waals surface area contributed by atoms with Gasteiger partial charge in [0, 0.05) is 0 Å². The lowest BCUT2D eigenvalue weighted by Gasteiger charge is -2.12. The lowest BCUT2D eigenvalue weighted by atomic mass is 10.2. The molecule has 3 nitrogen and oxygen atoms in total. The molecule has 2 aromatic carbocycles. The molecular formula is C17H15F3N2O. The number of hydrogen-bond acceptors (Lipinski definition) is 2. The van der Waals surface area contributed by atoms with E-state index in [2.05, 4.69) is 4.98 Å². The number of imidazole rings is 1. The van der Waals surface area contributed by atoms with Gasteiger partial charge in [-0.05, 0) is 36.8 Å². The van der Waals surface area contributed by atoms with Gasteiger partial charge in [-0.25, -0.2) is 4.98 Å². The van der Waals surface area contributed by atoms with Crippen LogP contribution in [-0.4, -0.2) is 16.2 Å². The molecule has 0 aliphatic carbocycles. The fourth-order valence-electron chi connectivity index (χ4n) is 2.48. The maximum atomic E-state index is 13.2. The van der Waals surface area contributed by atoms with Gasteiger partial charge in [-0.15, -0.1) is 0 Å². The summed E-state index contributed by atoms with van der Waals surface area (Å²) in [6.45, 7) is 2.13. The zero-order valence-electron chi connectivity index (χ0n) is 12.5. The fourth-order valence-corrected chi connectivity index (χ4v) is 2.48. The maximum Gasteiger partial charge on any atom is 0.449 e. The van der Waals surface area contributed by atoms with E-state index in [1.54, 1.807) is 30.3 Å². The minimum atomic E-state index is -4.50. The normalized spacial score (nSPS) is 11.8. The minimum Gasteiger partial charge on any atom is -0.492 e. The van der Waals surface area contributed by atoms with Gasteiger partial charge >= 0.3 is 6.18 Å². The number of alkyl halides is 3. The first-order valence-corrected chi connectivity index (χ1v) is 7.17. The molecule has 0 radical (unpaired) electrons. The van der Waals surface area contributed by atoms with Crippen LogP contribution in [0.15, 0.2) is 48.5 Å². The molecule has 0 fully saturated rings. The molecule has 0 aliphatic rings. The van der Waals surface area contributed by atoms with Crippen LogP contribution in [-0.2, 0) is 12.7 Å². The van der Waals surface area contributed by atoms with Crippen molar-refractivity contribution in [3.8, 4) is 5.75 Å². The van der Waals surface area contributed by atoms with Crippen molar-refractivity contribution in [2.45, 2.75) is 19.6 Å². The lowest BCUT2D eigenvalue weighted by Crippen LogP contribution is -2.18. The van der Waals surface area contributed by atoms with E-state index in [0.717, 1.165) is 10.1 Å². The highest BCUT2D eigenvalue weighted by Gasteiger charge is 2.37. The third-order valence-electron chi connectivity index (χ3n) is 3.48. The van der Waals surface area contributed by atoms with Crippen LogP contribution in [0.5, 0.6) is 5.75 Å². The quantitative estimate of drug-likeness (QED) is 0.710. The number of fused-ring (bicyclic) bond motifs is 1. The fraction of sp³-hybridized carbons (Fsp3) is 0.235. The van der Waals surface area contributed by atoms with E-state index in [0.29, 0.717) is 16.8 Å². The van der Waals surface area contributed by atoms with E-state index in [-0.39, 0.29) is 13.2 Å². The molecule has 0 aliphatic heterocycles. The molecule has 23 heavy (non-hydrogen) atoms. The molecule has 0 amide bonds. The molecular weight excluding hydrogens is 305 g/mol. The van der Waals surface area contributed by atoms with Crippen LogP contribution in [0.25, 0.3) is 11.0 Å². The Bertz CT molecular complexity index is 824. The minimum absolute atomic E-state index is 0.0727. The first-order valence-electron chi connectivity index (χ1n) is 7.17. The first kappa shape index (κ1) is 15.4. The molecule has 0 saturated carbocycles. The number of benzene rings is 2. The average molecular weight is 320 g/mol. The first-order chi connectivity index (χ1) is 10.9. The van der Waals surface area contributed by atoms with E-state index >= 15 is 0 Å². The topological polar surface area (TPSA) is 27.1 Å². The van der Waals surface area contributed by atoms with E-state index in [1.165, 1.54) is 0 Å². The molecule has 0 unspecified atom stereocenters. The molecule has 3 rings (SSSR count). The Kier molecular flexibility index (Phi) is 3.98. The number of aromatic nitrogens is 2. The number of ether oxygens (including phenoxy) is 1. The van der Waals surface area contributed by atoms with E-state index in [1.807, 2.05) is 25.1 Å². The Balaban J connectivity index is 1.84. The van der Waals surface area contributed by atoms with Crippen LogP contribution in [0.4, 0.5) is 13.2 Å². The summed E-state index contributed by atoms with van der Waals surface area (Å²) in [6, 6.07) is 14.0. The van der Waals surface area contributed by atoms with Gasteiger partial charge in [0.1, 0.15) is 12.4 Å². The molecule has 6 heteroatoms. The van der Waals surface area contributed by atoms with E-state index in [9.17, 15) is 13.2 Å². The third-order valence-corrected chi connectivity index (χ3v) is 3.48. The molecule has 1 heterocycles. The van der Waals surface area contributed by atoms with Crippen LogP contribution >= 0.6 is 0 Å². The van der Waals surface area contributed by atoms with Crippen molar-refractivity contribution in [2.75, 3.05) is 6.61 Å². The zero-order chi connectivity index (χ0) is 16.4. The highest BCUT2D eigenvalue weighted by molar-refractivity contribution is 5.76. The highest BCUT2D eigenvalue weighted by Crippen LogP contribution is 2.31. The average Bonchev–Trinajstić information content (AvgIpc) is 2.87. The summed E-state index contributed by atoms with van der Waals surface area (Å²) in [7, 11) is 0. The standard InChI is InChI=1S/C17H15F3N2O/c1-12-5-4-6-13(11-12)23-10-9-22-15-8-3-2-7-14(15)21-16(22)17(18,19)20/h2-8,11H,9-10H2,1H3. The Morgan fingerprint density at radius 3 is 2.61 bits per heavy atom. The van der Waals surface area contributed by atoms with Gasteiger partial charge in [-0.3, -0.25) is 0 Å². The molecule has 0 spiro atoms. The zero-order valence-corrected chi connectivity index (χ0v) is 12.5. The van der Waals surface area contributed by atoms with Gasteiger partial charge in [0.15, 0.2) is 0 Å². The summed E-state index contributed by atoms with van der Waals surface area (Å²) in [4.78, 5) is 3.71. The number of hydrogen-bond donors (Lipinski definition) is 0. The van der Waals surface area contributed by atoms with Gasteiger partial charge < -0.3 is 9.30 Å². The van der Waals surface area contributed by atoms with Crippen molar-refractivity contribution in [1.29, 1.82) is 0 Å². The van der Waals surface area contributed by atoms with Crippen LogP contribution in [0, 0.1) is 6.92 Å². The van der Waals surface area contributed by atoms with Crippen LogP contribution in [0.1, 0.15) is 11.4 Å². The monoisotopic (exact) mass is 320 g/mol. The maximum absolute atomic E-state index is 13.2. The number of nitrogens with zero attached hydrogens (tertiary/aromatic N) is 2. The molecule has 120 valence electrons. The summed E-state index contributed by atoms with van der Waals surface area (Å²) in [6.07, 6.45) is -4.50. The van der Waals surface area contributed by atoms with Crippen LogP contribution in [0.3, 0.4) is 0 Å². The predicted octanol–water partition coefficient (Wildman–Crippen LogP) is 4.44. The van der Waals surface area contributed by atoms with E-state index in [4.69, 9.17) is 4.74 Å².